The number of benzene rings is 2. The van der Waals surface area contributed by atoms with E-state index in [1.165, 1.54) is 12.7 Å². The van der Waals surface area contributed by atoms with E-state index in [-0.39, 0.29) is 34.2 Å². The van der Waals surface area contributed by atoms with Crippen LogP contribution in [0.15, 0.2) is 69.1 Å². The molecule has 1 aliphatic rings. The summed E-state index contributed by atoms with van der Waals surface area (Å²) in [5.41, 5.74) is 2.79. The zero-order chi connectivity index (χ0) is 23.9. The van der Waals surface area contributed by atoms with Gasteiger partial charge in [0.05, 0.1) is 28.4 Å². The molecule has 0 atom stereocenters. The Hall–Kier alpha value is -4.27. The third-order valence-electron chi connectivity index (χ3n) is 5.64. The normalized spacial score (nSPS) is 14.1. The number of carbonyl (C=O) groups excluding carboxylic acids is 3. The fourth-order valence-electron chi connectivity index (χ4n) is 3.87. The number of hydrogen-bond donors (Lipinski definition) is 3. The molecule has 0 radical (unpaired) electrons. The maximum atomic E-state index is 12.7. The van der Waals surface area contributed by atoms with Crippen LogP contribution in [0.25, 0.3) is 11.0 Å². The number of amides is 3. The van der Waals surface area contributed by atoms with Crippen LogP contribution in [0.2, 0.25) is 0 Å². The summed E-state index contributed by atoms with van der Waals surface area (Å²) in [5.74, 6) is -2.35. The van der Waals surface area contributed by atoms with Crippen molar-refractivity contribution in [2.75, 3.05) is 5.32 Å². The molecule has 9 heteroatoms. The number of para-hydroxylation sites is 2. The zero-order valence-electron chi connectivity index (χ0n) is 18.4. The highest BCUT2D eigenvalue weighted by atomic mass is 16.3. The van der Waals surface area contributed by atoms with Crippen LogP contribution >= 0.6 is 0 Å². The Morgan fingerprint density at radius 2 is 1.68 bits per heavy atom. The van der Waals surface area contributed by atoms with Crippen molar-refractivity contribution in [1.29, 1.82) is 0 Å². The Bertz CT molecular complexity index is 1310. The van der Waals surface area contributed by atoms with Crippen molar-refractivity contribution < 1.29 is 18.8 Å². The van der Waals surface area contributed by atoms with Gasteiger partial charge in [-0.1, -0.05) is 43.5 Å². The molecule has 1 aromatic heterocycles. The highest BCUT2D eigenvalue weighted by molar-refractivity contribution is 6.40. The minimum absolute atomic E-state index is 0.107. The molecule has 0 saturated heterocycles. The summed E-state index contributed by atoms with van der Waals surface area (Å²) in [5, 5.41) is 9.50. The van der Waals surface area contributed by atoms with Gasteiger partial charge in [0.2, 0.25) is 5.43 Å². The van der Waals surface area contributed by atoms with Crippen molar-refractivity contribution in [1.82, 2.24) is 10.7 Å². The summed E-state index contributed by atoms with van der Waals surface area (Å²) < 4.78 is 5.38. The monoisotopic (exact) mass is 460 g/mol. The van der Waals surface area contributed by atoms with Crippen LogP contribution in [0.1, 0.15) is 48.0 Å². The predicted octanol–water partition coefficient (Wildman–Crippen LogP) is 2.94. The number of hydrogen-bond acceptors (Lipinski definition) is 6. The molecule has 1 saturated carbocycles. The number of fused-ring (bicyclic) bond motifs is 1. The minimum atomic E-state index is -1.05. The van der Waals surface area contributed by atoms with Crippen LogP contribution in [0.5, 0.6) is 0 Å². The molecular weight excluding hydrogens is 436 g/mol. The van der Waals surface area contributed by atoms with Gasteiger partial charge >= 0.3 is 11.8 Å². The van der Waals surface area contributed by atoms with Crippen LogP contribution in [0.3, 0.4) is 0 Å². The van der Waals surface area contributed by atoms with E-state index < -0.39 is 11.8 Å². The molecule has 3 aromatic rings. The summed E-state index contributed by atoms with van der Waals surface area (Å²) in [4.78, 5) is 49.7. The lowest BCUT2D eigenvalue weighted by atomic mass is 9.95. The number of hydrazone groups is 1. The molecule has 4 rings (SSSR count). The first-order chi connectivity index (χ1) is 16.5. The quantitative estimate of drug-likeness (QED) is 0.306. The lowest BCUT2D eigenvalue weighted by Crippen LogP contribution is -2.37. The van der Waals surface area contributed by atoms with Crippen LogP contribution in [-0.4, -0.2) is 30.0 Å². The van der Waals surface area contributed by atoms with Crippen LogP contribution in [0, 0.1) is 0 Å². The highest BCUT2D eigenvalue weighted by Gasteiger charge is 2.21. The molecule has 174 valence electrons. The van der Waals surface area contributed by atoms with Crippen molar-refractivity contribution in [3.05, 3.63) is 76.1 Å². The molecule has 0 spiro atoms. The number of nitrogens with one attached hydrogen (secondary N) is 3. The second-order valence-electron chi connectivity index (χ2n) is 8.02. The average Bonchev–Trinajstić information content (AvgIpc) is 2.86. The number of nitrogens with zero attached hydrogens (tertiary/aromatic N) is 1. The summed E-state index contributed by atoms with van der Waals surface area (Å²) in [7, 11) is 0. The lowest BCUT2D eigenvalue weighted by molar-refractivity contribution is -0.136. The second-order valence-corrected chi connectivity index (χ2v) is 8.02. The minimum Gasteiger partial charge on any atom is -0.463 e. The van der Waals surface area contributed by atoms with Gasteiger partial charge in [0.25, 0.3) is 5.91 Å². The first-order valence-electron chi connectivity index (χ1n) is 11.1. The number of rotatable bonds is 5. The van der Waals surface area contributed by atoms with Gasteiger partial charge in [0, 0.05) is 6.04 Å². The van der Waals surface area contributed by atoms with E-state index in [4.69, 9.17) is 4.42 Å². The van der Waals surface area contributed by atoms with Crippen LogP contribution in [-0.2, 0) is 9.59 Å². The topological polar surface area (TPSA) is 130 Å². The van der Waals surface area contributed by atoms with Crippen molar-refractivity contribution >= 4 is 40.6 Å². The van der Waals surface area contributed by atoms with E-state index in [0.717, 1.165) is 31.9 Å². The Kier molecular flexibility index (Phi) is 7.12. The fourth-order valence-corrected chi connectivity index (χ4v) is 3.87. The van der Waals surface area contributed by atoms with Gasteiger partial charge in [-0.25, -0.2) is 5.43 Å². The molecule has 0 aliphatic heterocycles. The van der Waals surface area contributed by atoms with Gasteiger partial charge in [-0.3, -0.25) is 19.2 Å². The molecular formula is C25H24N4O5. The third-order valence-corrected chi connectivity index (χ3v) is 5.64. The molecule has 1 aliphatic carbocycles. The summed E-state index contributed by atoms with van der Waals surface area (Å²) in [6.07, 6.45) is 7.50. The maximum absolute atomic E-state index is 12.7. The van der Waals surface area contributed by atoms with E-state index in [9.17, 15) is 19.2 Å². The van der Waals surface area contributed by atoms with Gasteiger partial charge in [-0.05, 0) is 37.1 Å². The molecule has 1 fully saturated rings. The molecule has 34 heavy (non-hydrogen) atoms. The van der Waals surface area contributed by atoms with E-state index in [2.05, 4.69) is 21.2 Å². The molecule has 9 nitrogen and oxygen atoms in total. The van der Waals surface area contributed by atoms with Gasteiger partial charge in [0.1, 0.15) is 11.8 Å². The second kappa shape index (κ2) is 10.6. The van der Waals surface area contributed by atoms with E-state index >= 15 is 0 Å². The molecule has 3 amide bonds. The Morgan fingerprint density at radius 3 is 2.50 bits per heavy atom. The molecule has 2 aromatic carbocycles. The molecule has 0 bridgehead atoms. The number of anilines is 1. The first kappa shape index (κ1) is 22.9. The summed E-state index contributed by atoms with van der Waals surface area (Å²) in [6, 6.07) is 13.3. The van der Waals surface area contributed by atoms with E-state index in [1.807, 2.05) is 0 Å². The molecule has 3 N–H and O–H groups in total. The largest absolute Gasteiger partial charge is 0.463 e. The van der Waals surface area contributed by atoms with E-state index in [1.54, 1.807) is 48.5 Å². The Labute approximate surface area is 195 Å². The Morgan fingerprint density at radius 1 is 0.941 bits per heavy atom. The van der Waals surface area contributed by atoms with Crippen molar-refractivity contribution in [2.24, 2.45) is 5.10 Å². The summed E-state index contributed by atoms with van der Waals surface area (Å²) in [6.45, 7) is 0. The van der Waals surface area contributed by atoms with Crippen LogP contribution in [0.4, 0.5) is 5.69 Å². The van der Waals surface area contributed by atoms with Crippen molar-refractivity contribution in [3.63, 3.8) is 0 Å². The lowest BCUT2D eigenvalue weighted by Gasteiger charge is -2.23. The molecule has 0 unspecified atom stereocenters. The zero-order valence-corrected chi connectivity index (χ0v) is 18.4. The van der Waals surface area contributed by atoms with E-state index in [0.29, 0.717) is 11.0 Å². The van der Waals surface area contributed by atoms with Gasteiger partial charge in [0.15, 0.2) is 0 Å². The average molecular weight is 460 g/mol. The molecule has 1 heterocycles. The van der Waals surface area contributed by atoms with Gasteiger partial charge in [-0.15, -0.1) is 0 Å². The maximum Gasteiger partial charge on any atom is 0.329 e. The Balaban J connectivity index is 1.38. The number of carbonyl (C=O) groups is 3. The van der Waals surface area contributed by atoms with Crippen molar-refractivity contribution in [2.45, 2.75) is 38.1 Å². The highest BCUT2D eigenvalue weighted by Crippen LogP contribution is 2.20. The van der Waals surface area contributed by atoms with Gasteiger partial charge in [-0.2, -0.15) is 5.10 Å². The van der Waals surface area contributed by atoms with Crippen LogP contribution < -0.4 is 21.5 Å². The summed E-state index contributed by atoms with van der Waals surface area (Å²) >= 11 is 0. The standard InChI is InChI=1S/C25H24N4O5/c30-22-16(15-34-21-13-7-5-11-19(21)22)14-26-29-25(33)24(32)28-20-12-6-4-10-18(20)23(31)27-17-8-2-1-3-9-17/h4-7,10-15,17H,1-3,8-9H2,(H,27,31)(H,28,32)(H,29,33)/b26-14-. The third kappa shape index (κ3) is 5.37. The predicted molar refractivity (Wildman–Crippen MR) is 128 cm³/mol. The van der Waals surface area contributed by atoms with Crippen molar-refractivity contribution in [3.8, 4) is 0 Å². The SMILES string of the molecule is O=C(N/N=C\c1coc2ccccc2c1=O)C(=O)Nc1ccccc1C(=O)NC1CCCCC1. The first-order valence-corrected chi connectivity index (χ1v) is 11.1. The smallest absolute Gasteiger partial charge is 0.329 e. The fraction of sp³-hybridized carbons (Fsp3) is 0.240. The van der Waals surface area contributed by atoms with Gasteiger partial charge < -0.3 is 15.1 Å².